The van der Waals surface area contributed by atoms with E-state index in [1.54, 1.807) is 4.90 Å². The van der Waals surface area contributed by atoms with E-state index >= 15 is 0 Å². The number of nitrogens with one attached hydrogen (secondary N) is 2. The molecule has 2 fully saturated rings. The first kappa shape index (κ1) is 17.2. The monoisotopic (exact) mass is 357 g/mol. The van der Waals surface area contributed by atoms with Crippen molar-refractivity contribution in [2.75, 3.05) is 19.6 Å². The van der Waals surface area contributed by atoms with Gasteiger partial charge in [0.1, 0.15) is 17.9 Å². The molecule has 0 radical (unpaired) electrons. The Morgan fingerprint density at radius 1 is 1.19 bits per heavy atom. The molecular weight excluding hydrogens is 330 g/mol. The van der Waals surface area contributed by atoms with Gasteiger partial charge in [-0.25, -0.2) is 4.79 Å². The van der Waals surface area contributed by atoms with Crippen molar-refractivity contribution in [3.8, 4) is 5.75 Å². The summed E-state index contributed by atoms with van der Waals surface area (Å²) in [6.07, 6.45) is 7.28. The smallest absolute Gasteiger partial charge is 0.318 e. The van der Waals surface area contributed by atoms with Crippen molar-refractivity contribution in [1.82, 2.24) is 15.5 Å². The van der Waals surface area contributed by atoms with Gasteiger partial charge in [0, 0.05) is 25.1 Å². The van der Waals surface area contributed by atoms with E-state index in [1.165, 1.54) is 19.3 Å². The van der Waals surface area contributed by atoms with Crippen LogP contribution >= 0.6 is 0 Å². The molecule has 140 valence electrons. The molecule has 26 heavy (non-hydrogen) atoms. The lowest BCUT2D eigenvalue weighted by Crippen LogP contribution is -2.50. The van der Waals surface area contributed by atoms with Crippen LogP contribution in [-0.2, 0) is 4.79 Å². The second kappa shape index (κ2) is 7.17. The molecule has 3 aliphatic rings. The molecule has 1 aromatic carbocycles. The lowest BCUT2D eigenvalue weighted by molar-refractivity contribution is -0.121. The zero-order chi connectivity index (χ0) is 18.0. The molecule has 3 amide bonds. The molecule has 0 aromatic heterocycles. The molecule has 4 rings (SSSR count). The number of para-hydroxylation sites is 1. The summed E-state index contributed by atoms with van der Waals surface area (Å²) in [5.41, 5.74) is 0.872. The first-order valence-corrected chi connectivity index (χ1v) is 9.75. The minimum atomic E-state index is -0.166. The molecule has 2 N–H and O–H groups in total. The molecule has 2 aliphatic heterocycles. The highest BCUT2D eigenvalue weighted by atomic mass is 16.5. The topological polar surface area (TPSA) is 70.7 Å². The van der Waals surface area contributed by atoms with Crippen LogP contribution in [0.5, 0.6) is 5.75 Å². The van der Waals surface area contributed by atoms with Crippen molar-refractivity contribution in [1.29, 1.82) is 0 Å². The van der Waals surface area contributed by atoms with Crippen molar-refractivity contribution >= 4 is 11.9 Å². The van der Waals surface area contributed by atoms with E-state index in [9.17, 15) is 9.59 Å². The van der Waals surface area contributed by atoms with Crippen LogP contribution in [0.15, 0.2) is 24.3 Å². The Morgan fingerprint density at radius 3 is 2.85 bits per heavy atom. The zero-order valence-corrected chi connectivity index (χ0v) is 15.1. The average molecular weight is 357 g/mol. The van der Waals surface area contributed by atoms with Crippen LogP contribution in [0.2, 0.25) is 0 Å². The predicted molar refractivity (Wildman–Crippen MR) is 98.0 cm³/mol. The number of rotatable bonds is 1. The third-order valence-corrected chi connectivity index (χ3v) is 5.81. The van der Waals surface area contributed by atoms with Crippen LogP contribution in [0, 0.1) is 0 Å². The van der Waals surface area contributed by atoms with Crippen LogP contribution in [0.4, 0.5) is 4.79 Å². The quantitative estimate of drug-likeness (QED) is 0.812. The number of carbonyl (C=O) groups excluding carboxylic acids is 2. The number of hydrogen-bond donors (Lipinski definition) is 2. The van der Waals surface area contributed by atoms with Crippen LogP contribution in [0.25, 0.3) is 0 Å². The molecule has 1 aliphatic carbocycles. The molecule has 1 saturated carbocycles. The van der Waals surface area contributed by atoms with E-state index in [1.807, 2.05) is 24.3 Å². The van der Waals surface area contributed by atoms with E-state index in [0.717, 1.165) is 37.0 Å². The summed E-state index contributed by atoms with van der Waals surface area (Å²) < 4.78 is 6.43. The standard InChI is InChI=1S/C20H27N3O3/c24-18-14-23(12-6-11-21-18)19(25)22-16-13-20(9-4-1-5-10-20)26-17-8-3-2-7-15(16)17/h2-3,7-8,16H,1,4-6,9-14H2,(H,21,24)(H,22,25)/t16-/m1/s1. The summed E-state index contributed by atoms with van der Waals surface area (Å²) in [6, 6.07) is 7.78. The Kier molecular flexibility index (Phi) is 4.74. The molecule has 6 nitrogen and oxygen atoms in total. The molecular formula is C20H27N3O3. The lowest BCUT2D eigenvalue weighted by atomic mass is 9.77. The van der Waals surface area contributed by atoms with Crippen LogP contribution in [0.1, 0.15) is 56.6 Å². The van der Waals surface area contributed by atoms with Crippen LogP contribution < -0.4 is 15.4 Å². The van der Waals surface area contributed by atoms with Gasteiger partial charge in [0.25, 0.3) is 0 Å². The number of benzene rings is 1. The molecule has 1 saturated heterocycles. The average Bonchev–Trinajstić information content (AvgIpc) is 2.87. The maximum Gasteiger partial charge on any atom is 0.318 e. The molecule has 0 unspecified atom stereocenters. The van der Waals surface area contributed by atoms with E-state index in [0.29, 0.717) is 13.1 Å². The highest BCUT2D eigenvalue weighted by Crippen LogP contribution is 2.46. The molecule has 0 bridgehead atoms. The van der Waals surface area contributed by atoms with Gasteiger partial charge in [-0.3, -0.25) is 4.79 Å². The summed E-state index contributed by atoms with van der Waals surface area (Å²) in [4.78, 5) is 26.2. The Morgan fingerprint density at radius 2 is 2.00 bits per heavy atom. The fourth-order valence-electron chi connectivity index (χ4n) is 4.47. The van der Waals surface area contributed by atoms with Gasteiger partial charge in [-0.05, 0) is 38.2 Å². The lowest BCUT2D eigenvalue weighted by Gasteiger charge is -2.45. The second-order valence-electron chi connectivity index (χ2n) is 7.71. The van der Waals surface area contributed by atoms with Gasteiger partial charge in [0.15, 0.2) is 0 Å². The van der Waals surface area contributed by atoms with E-state index in [-0.39, 0.29) is 30.1 Å². The summed E-state index contributed by atoms with van der Waals surface area (Å²) in [5, 5.41) is 6.01. The Labute approximate surface area is 154 Å². The molecule has 6 heteroatoms. The third kappa shape index (κ3) is 3.50. The summed E-state index contributed by atoms with van der Waals surface area (Å²) in [7, 11) is 0. The normalized spacial score (nSPS) is 24.8. The fourth-order valence-corrected chi connectivity index (χ4v) is 4.47. The number of amides is 3. The Bertz CT molecular complexity index is 685. The Hall–Kier alpha value is -2.24. The van der Waals surface area contributed by atoms with Gasteiger partial charge in [-0.1, -0.05) is 24.6 Å². The van der Waals surface area contributed by atoms with Crippen LogP contribution in [-0.4, -0.2) is 42.1 Å². The highest BCUT2D eigenvalue weighted by Gasteiger charge is 2.42. The number of hydrogen-bond acceptors (Lipinski definition) is 3. The number of ether oxygens (including phenoxy) is 1. The van der Waals surface area contributed by atoms with Crippen molar-refractivity contribution < 1.29 is 14.3 Å². The van der Waals surface area contributed by atoms with Crippen molar-refractivity contribution in [3.05, 3.63) is 29.8 Å². The highest BCUT2D eigenvalue weighted by molar-refractivity contribution is 5.84. The number of carbonyl (C=O) groups is 2. The molecule has 1 aromatic rings. The number of fused-ring (bicyclic) bond motifs is 1. The maximum absolute atomic E-state index is 12.8. The Balaban J connectivity index is 1.54. The van der Waals surface area contributed by atoms with Gasteiger partial charge in [-0.2, -0.15) is 0 Å². The van der Waals surface area contributed by atoms with Gasteiger partial charge in [0.2, 0.25) is 5.91 Å². The van der Waals surface area contributed by atoms with E-state index < -0.39 is 0 Å². The van der Waals surface area contributed by atoms with Gasteiger partial charge >= 0.3 is 6.03 Å². The summed E-state index contributed by atoms with van der Waals surface area (Å²) in [6.45, 7) is 1.36. The van der Waals surface area contributed by atoms with Gasteiger partial charge in [0.05, 0.1) is 6.04 Å². The van der Waals surface area contributed by atoms with Crippen molar-refractivity contribution in [2.45, 2.75) is 56.6 Å². The number of nitrogens with zero attached hydrogens (tertiary/aromatic N) is 1. The van der Waals surface area contributed by atoms with Crippen molar-refractivity contribution in [2.24, 2.45) is 0 Å². The predicted octanol–water partition coefficient (Wildman–Crippen LogP) is 2.74. The molecule has 1 spiro atoms. The minimum absolute atomic E-state index is 0.0723. The summed E-state index contributed by atoms with van der Waals surface area (Å²) >= 11 is 0. The third-order valence-electron chi connectivity index (χ3n) is 5.81. The SMILES string of the molecule is O=C1CN(C(=O)N[C@@H]2CC3(CCCCC3)Oc3ccccc32)CCCN1. The molecule has 2 heterocycles. The summed E-state index contributed by atoms with van der Waals surface area (Å²) in [5.74, 6) is 0.799. The van der Waals surface area contributed by atoms with E-state index in [4.69, 9.17) is 4.74 Å². The van der Waals surface area contributed by atoms with Gasteiger partial charge < -0.3 is 20.3 Å². The van der Waals surface area contributed by atoms with Crippen molar-refractivity contribution in [3.63, 3.8) is 0 Å². The second-order valence-corrected chi connectivity index (χ2v) is 7.71. The van der Waals surface area contributed by atoms with Crippen LogP contribution in [0.3, 0.4) is 0 Å². The first-order valence-electron chi connectivity index (χ1n) is 9.75. The largest absolute Gasteiger partial charge is 0.487 e. The first-order chi connectivity index (χ1) is 12.7. The minimum Gasteiger partial charge on any atom is -0.487 e. The van der Waals surface area contributed by atoms with Gasteiger partial charge in [-0.15, -0.1) is 0 Å². The zero-order valence-electron chi connectivity index (χ0n) is 15.1. The van der Waals surface area contributed by atoms with E-state index in [2.05, 4.69) is 10.6 Å². The fraction of sp³-hybridized carbons (Fsp3) is 0.600. The number of urea groups is 1. The molecule has 1 atom stereocenters. The maximum atomic E-state index is 12.8.